The summed E-state index contributed by atoms with van der Waals surface area (Å²) in [5.41, 5.74) is 3.01. The first-order valence-electron chi connectivity index (χ1n) is 15.4. The van der Waals surface area contributed by atoms with Crippen molar-refractivity contribution in [3.8, 4) is 5.75 Å². The average Bonchev–Trinajstić information content (AvgIpc) is 3.07. The van der Waals surface area contributed by atoms with Crippen LogP contribution in [-0.2, 0) is 0 Å². The average molecular weight is 582 g/mol. The fraction of sp³-hybridized carbons (Fsp3) is 0.400. The number of aldehydes is 1. The number of nitrogens with zero attached hydrogens (tertiary/aromatic N) is 3. The minimum absolute atomic E-state index is 0.0116. The lowest BCUT2D eigenvalue weighted by atomic mass is 9.81. The number of likely N-dealkylation sites (tertiary alicyclic amines) is 1. The molecule has 2 bridgehead atoms. The van der Waals surface area contributed by atoms with Gasteiger partial charge in [-0.15, -0.1) is 0 Å². The molecule has 0 spiro atoms. The van der Waals surface area contributed by atoms with E-state index in [1.165, 1.54) is 0 Å². The van der Waals surface area contributed by atoms with Crippen molar-refractivity contribution in [2.24, 2.45) is 11.8 Å². The third kappa shape index (κ3) is 6.44. The summed E-state index contributed by atoms with van der Waals surface area (Å²) in [7, 11) is 0. The van der Waals surface area contributed by atoms with Gasteiger partial charge in [0.05, 0.1) is 18.7 Å². The first-order chi connectivity index (χ1) is 21.0. The van der Waals surface area contributed by atoms with E-state index in [2.05, 4.69) is 4.90 Å². The van der Waals surface area contributed by atoms with Crippen molar-refractivity contribution in [3.05, 3.63) is 101 Å². The predicted octanol–water partition coefficient (Wildman–Crippen LogP) is 5.59. The van der Waals surface area contributed by atoms with E-state index in [1.807, 2.05) is 59.5 Å². The minimum atomic E-state index is -0.889. The third-order valence-corrected chi connectivity index (χ3v) is 9.45. The van der Waals surface area contributed by atoms with Crippen LogP contribution in [0.3, 0.4) is 0 Å². The number of amides is 2. The second kappa shape index (κ2) is 13.0. The fourth-order valence-corrected chi connectivity index (χ4v) is 7.02. The van der Waals surface area contributed by atoms with Gasteiger partial charge in [0.2, 0.25) is 0 Å². The molecule has 1 N–H and O–H groups in total. The molecule has 2 atom stereocenters. The first-order valence-corrected chi connectivity index (χ1v) is 15.4. The van der Waals surface area contributed by atoms with Gasteiger partial charge in [-0.2, -0.15) is 0 Å². The number of benzene rings is 3. The quantitative estimate of drug-likeness (QED) is 0.331. The molecule has 4 aliphatic heterocycles. The van der Waals surface area contributed by atoms with Gasteiger partial charge < -0.3 is 19.6 Å². The van der Waals surface area contributed by atoms with Crippen LogP contribution in [0.15, 0.2) is 78.9 Å². The zero-order valence-electron chi connectivity index (χ0n) is 24.4. The third-order valence-electron chi connectivity index (χ3n) is 9.45. The second-order valence-corrected chi connectivity index (χ2v) is 12.1. The van der Waals surface area contributed by atoms with Crippen LogP contribution in [-0.4, -0.2) is 83.5 Å². The number of carboxylic acid groups (broad SMARTS) is 1. The maximum Gasteiger partial charge on any atom is 0.408 e. The van der Waals surface area contributed by atoms with Crippen LogP contribution in [0.5, 0.6) is 5.75 Å². The van der Waals surface area contributed by atoms with Crippen molar-refractivity contribution in [2.75, 3.05) is 39.3 Å². The number of fused-ring (bicyclic) bond motifs is 3. The molecule has 0 aromatic heterocycles. The van der Waals surface area contributed by atoms with Gasteiger partial charge in [0.15, 0.2) is 0 Å². The van der Waals surface area contributed by atoms with Crippen LogP contribution >= 0.6 is 0 Å². The molecule has 2 amide bonds. The lowest BCUT2D eigenvalue weighted by molar-refractivity contribution is -0.000816. The smallest absolute Gasteiger partial charge is 0.408 e. The largest absolute Gasteiger partial charge is 0.493 e. The highest BCUT2D eigenvalue weighted by atomic mass is 16.5. The van der Waals surface area contributed by atoms with Crippen molar-refractivity contribution < 1.29 is 24.2 Å². The zero-order valence-corrected chi connectivity index (χ0v) is 24.4. The first kappa shape index (κ1) is 28.9. The molecule has 224 valence electrons. The summed E-state index contributed by atoms with van der Waals surface area (Å²) in [6.07, 6.45) is 3.65. The molecule has 43 heavy (non-hydrogen) atoms. The topological polar surface area (TPSA) is 90.4 Å². The fourth-order valence-electron chi connectivity index (χ4n) is 7.02. The molecule has 1 unspecified atom stereocenters. The summed E-state index contributed by atoms with van der Waals surface area (Å²) in [6, 6.07) is 24.1. The number of piperidine rings is 4. The van der Waals surface area contributed by atoms with E-state index >= 15 is 0 Å². The molecule has 8 heteroatoms. The zero-order chi connectivity index (χ0) is 29.8. The summed E-state index contributed by atoms with van der Waals surface area (Å²) < 4.78 is 6.30. The Bertz CT molecular complexity index is 1410. The van der Waals surface area contributed by atoms with Gasteiger partial charge in [0.1, 0.15) is 12.0 Å². The van der Waals surface area contributed by atoms with Gasteiger partial charge in [-0.25, -0.2) is 4.79 Å². The molecule has 4 fully saturated rings. The molecule has 4 saturated heterocycles. The highest BCUT2D eigenvalue weighted by Crippen LogP contribution is 2.39. The SMILES string of the molecule is O=Cc1ccc(C(=O)N2CCC(COc3cccc(C(c4ccccc4)N(C(=O)O)[C@H]4CN5CCC4CC5)c3)CC2)cc1. The maximum atomic E-state index is 12.9. The molecular formula is C35H39N3O5. The van der Waals surface area contributed by atoms with E-state index in [4.69, 9.17) is 4.74 Å². The molecule has 0 aliphatic carbocycles. The Kier molecular flexibility index (Phi) is 8.74. The summed E-state index contributed by atoms with van der Waals surface area (Å²) >= 11 is 0. The number of ether oxygens (including phenoxy) is 1. The number of hydrogen-bond donors (Lipinski definition) is 1. The summed E-state index contributed by atoms with van der Waals surface area (Å²) in [5.74, 6) is 1.41. The number of hydrogen-bond acceptors (Lipinski definition) is 5. The summed E-state index contributed by atoms with van der Waals surface area (Å²) in [5, 5.41) is 10.6. The normalized spacial score (nSPS) is 22.5. The number of rotatable bonds is 9. The molecule has 7 rings (SSSR count). The Labute approximate surface area is 252 Å². The minimum Gasteiger partial charge on any atom is -0.493 e. The van der Waals surface area contributed by atoms with Crippen molar-refractivity contribution in [1.82, 2.24) is 14.7 Å². The lowest BCUT2D eigenvalue weighted by Crippen LogP contribution is -2.59. The van der Waals surface area contributed by atoms with E-state index in [-0.39, 0.29) is 11.9 Å². The molecule has 3 aromatic rings. The van der Waals surface area contributed by atoms with Crippen LogP contribution < -0.4 is 4.74 Å². The van der Waals surface area contributed by atoms with Crippen LogP contribution in [0.1, 0.15) is 63.6 Å². The van der Waals surface area contributed by atoms with Crippen LogP contribution in [0.2, 0.25) is 0 Å². The van der Waals surface area contributed by atoms with Gasteiger partial charge in [-0.3, -0.25) is 14.5 Å². The number of carbonyl (C=O) groups is 3. The van der Waals surface area contributed by atoms with E-state index in [1.54, 1.807) is 29.2 Å². The van der Waals surface area contributed by atoms with Crippen molar-refractivity contribution in [3.63, 3.8) is 0 Å². The van der Waals surface area contributed by atoms with Crippen molar-refractivity contribution in [1.29, 1.82) is 0 Å². The Morgan fingerprint density at radius 2 is 1.58 bits per heavy atom. The molecule has 8 nitrogen and oxygen atoms in total. The molecular weight excluding hydrogens is 542 g/mol. The maximum absolute atomic E-state index is 12.9. The van der Waals surface area contributed by atoms with E-state index in [9.17, 15) is 19.5 Å². The van der Waals surface area contributed by atoms with Gasteiger partial charge in [0.25, 0.3) is 5.91 Å². The van der Waals surface area contributed by atoms with Gasteiger partial charge in [-0.1, -0.05) is 54.6 Å². The Morgan fingerprint density at radius 1 is 0.884 bits per heavy atom. The van der Waals surface area contributed by atoms with E-state index in [0.29, 0.717) is 42.7 Å². The lowest BCUT2D eigenvalue weighted by Gasteiger charge is -2.50. The van der Waals surface area contributed by atoms with Crippen LogP contribution in [0.25, 0.3) is 0 Å². The second-order valence-electron chi connectivity index (χ2n) is 12.1. The Morgan fingerprint density at radius 3 is 2.21 bits per heavy atom. The highest BCUT2D eigenvalue weighted by Gasteiger charge is 2.43. The Hall–Kier alpha value is -4.17. The summed E-state index contributed by atoms with van der Waals surface area (Å²) in [4.78, 5) is 42.7. The predicted molar refractivity (Wildman–Crippen MR) is 163 cm³/mol. The van der Waals surface area contributed by atoms with Gasteiger partial charge >= 0.3 is 6.09 Å². The van der Waals surface area contributed by atoms with Gasteiger partial charge in [-0.05, 0) is 86.0 Å². The molecule has 4 heterocycles. The van der Waals surface area contributed by atoms with Crippen molar-refractivity contribution in [2.45, 2.75) is 37.8 Å². The molecule has 0 radical (unpaired) electrons. The summed E-state index contributed by atoms with van der Waals surface area (Å²) in [6.45, 7) is 4.74. The number of carbonyl (C=O) groups excluding carboxylic acids is 2. The van der Waals surface area contributed by atoms with Crippen LogP contribution in [0, 0.1) is 11.8 Å². The highest BCUT2D eigenvalue weighted by molar-refractivity contribution is 5.95. The van der Waals surface area contributed by atoms with Crippen molar-refractivity contribution >= 4 is 18.3 Å². The molecule has 4 aliphatic rings. The monoisotopic (exact) mass is 581 g/mol. The van der Waals surface area contributed by atoms with Gasteiger partial charge in [0, 0.05) is 30.8 Å². The van der Waals surface area contributed by atoms with Crippen LogP contribution in [0.4, 0.5) is 4.79 Å². The molecule has 0 saturated carbocycles. The standard InChI is InChI=1S/C35H39N3O5/c39-23-25-9-11-29(12-10-25)34(40)37-19-13-26(14-20-37)24-43-31-8-4-7-30(21-31)33(28-5-2-1-3-6-28)38(35(41)42)32-22-36-17-15-27(32)16-18-36/h1-12,21,23,26-27,32-33H,13-20,22,24H2,(H,41,42)/t32-,33?/m0/s1. The Balaban J connectivity index is 1.13. The van der Waals surface area contributed by atoms with E-state index < -0.39 is 12.1 Å². The molecule has 3 aromatic carbocycles. The van der Waals surface area contributed by atoms with E-state index in [0.717, 1.165) is 68.5 Å².